The van der Waals surface area contributed by atoms with E-state index in [0.29, 0.717) is 19.6 Å². The number of hydrogen-bond acceptors (Lipinski definition) is 5. The van der Waals surface area contributed by atoms with E-state index in [1.807, 2.05) is 0 Å². The number of rotatable bonds is 2. The average Bonchev–Trinajstić information content (AvgIpc) is 2.59. The lowest BCUT2D eigenvalue weighted by Crippen LogP contribution is -2.52. The summed E-state index contributed by atoms with van der Waals surface area (Å²) >= 11 is 0. The lowest BCUT2D eigenvalue weighted by Gasteiger charge is -2.38. The number of aliphatic hydroxyl groups is 1. The first-order chi connectivity index (χ1) is 7.12. The minimum absolute atomic E-state index is 0.0305. The SMILES string of the molecule is O=S1(=O)CCC(N2CCOCC2CO)C1. The van der Waals surface area contributed by atoms with Crippen LogP contribution >= 0.6 is 0 Å². The minimum atomic E-state index is -2.84. The third kappa shape index (κ3) is 2.50. The molecule has 0 amide bonds. The molecule has 2 aliphatic rings. The molecule has 88 valence electrons. The predicted molar refractivity (Wildman–Crippen MR) is 55.5 cm³/mol. The number of morpholine rings is 1. The summed E-state index contributed by atoms with van der Waals surface area (Å²) in [6, 6.07) is 0.0492. The van der Waals surface area contributed by atoms with Gasteiger partial charge in [-0.3, -0.25) is 4.90 Å². The highest BCUT2D eigenvalue weighted by Gasteiger charge is 2.36. The Morgan fingerprint density at radius 3 is 2.87 bits per heavy atom. The van der Waals surface area contributed by atoms with Gasteiger partial charge in [-0.05, 0) is 6.42 Å². The summed E-state index contributed by atoms with van der Waals surface area (Å²) in [6.45, 7) is 1.90. The van der Waals surface area contributed by atoms with Crippen LogP contribution in [0.1, 0.15) is 6.42 Å². The summed E-state index contributed by atoms with van der Waals surface area (Å²) in [4.78, 5) is 2.09. The van der Waals surface area contributed by atoms with Crippen LogP contribution in [-0.4, -0.2) is 68.4 Å². The van der Waals surface area contributed by atoms with Crippen molar-refractivity contribution in [1.82, 2.24) is 4.90 Å². The second-order valence-corrected chi connectivity index (χ2v) is 6.43. The van der Waals surface area contributed by atoms with E-state index < -0.39 is 9.84 Å². The van der Waals surface area contributed by atoms with Crippen molar-refractivity contribution in [3.8, 4) is 0 Å². The molecule has 2 aliphatic heterocycles. The number of hydrogen-bond donors (Lipinski definition) is 1. The average molecular weight is 235 g/mol. The van der Waals surface area contributed by atoms with E-state index in [9.17, 15) is 13.5 Å². The first-order valence-corrected chi connectivity index (χ1v) is 7.09. The zero-order valence-corrected chi connectivity index (χ0v) is 9.45. The van der Waals surface area contributed by atoms with Crippen LogP contribution in [0, 0.1) is 0 Å². The van der Waals surface area contributed by atoms with Gasteiger partial charge >= 0.3 is 0 Å². The van der Waals surface area contributed by atoms with Crippen molar-refractivity contribution in [3.63, 3.8) is 0 Å². The smallest absolute Gasteiger partial charge is 0.151 e. The Labute approximate surface area is 89.9 Å². The Morgan fingerprint density at radius 2 is 2.27 bits per heavy atom. The quantitative estimate of drug-likeness (QED) is 0.656. The van der Waals surface area contributed by atoms with Gasteiger partial charge in [-0.1, -0.05) is 0 Å². The fourth-order valence-electron chi connectivity index (χ4n) is 2.34. The summed E-state index contributed by atoms with van der Waals surface area (Å²) in [5.41, 5.74) is 0. The first-order valence-electron chi connectivity index (χ1n) is 5.27. The Bertz CT molecular complexity index is 316. The molecular formula is C9H17NO4S. The van der Waals surface area contributed by atoms with Crippen molar-refractivity contribution in [3.05, 3.63) is 0 Å². The largest absolute Gasteiger partial charge is 0.395 e. The fraction of sp³-hybridized carbons (Fsp3) is 1.00. The Morgan fingerprint density at radius 1 is 1.47 bits per heavy atom. The normalized spacial score (nSPS) is 36.9. The number of aliphatic hydroxyl groups excluding tert-OH is 1. The van der Waals surface area contributed by atoms with Crippen LogP contribution in [0.25, 0.3) is 0 Å². The molecular weight excluding hydrogens is 218 g/mol. The molecule has 0 radical (unpaired) electrons. The van der Waals surface area contributed by atoms with Crippen molar-refractivity contribution in [2.24, 2.45) is 0 Å². The Kier molecular flexibility index (Phi) is 3.30. The third-order valence-electron chi connectivity index (χ3n) is 3.16. The summed E-state index contributed by atoms with van der Waals surface area (Å²) in [7, 11) is -2.84. The van der Waals surface area contributed by atoms with Gasteiger partial charge in [0.2, 0.25) is 0 Å². The van der Waals surface area contributed by atoms with Gasteiger partial charge in [0.15, 0.2) is 9.84 Å². The van der Waals surface area contributed by atoms with E-state index >= 15 is 0 Å². The Balaban J connectivity index is 2.03. The van der Waals surface area contributed by atoms with E-state index in [-0.39, 0.29) is 30.2 Å². The van der Waals surface area contributed by atoms with Crippen LogP contribution in [-0.2, 0) is 14.6 Å². The van der Waals surface area contributed by atoms with E-state index in [1.54, 1.807) is 0 Å². The van der Waals surface area contributed by atoms with Crippen molar-refractivity contribution in [2.45, 2.75) is 18.5 Å². The molecule has 5 nitrogen and oxygen atoms in total. The molecule has 0 spiro atoms. The molecule has 0 aromatic carbocycles. The zero-order chi connectivity index (χ0) is 10.9. The molecule has 6 heteroatoms. The zero-order valence-electron chi connectivity index (χ0n) is 8.63. The van der Waals surface area contributed by atoms with Gasteiger partial charge in [-0.2, -0.15) is 0 Å². The maximum Gasteiger partial charge on any atom is 0.151 e. The van der Waals surface area contributed by atoms with Crippen molar-refractivity contribution in [2.75, 3.05) is 37.9 Å². The summed E-state index contributed by atoms with van der Waals surface area (Å²) < 4.78 is 28.0. The molecule has 2 fully saturated rings. The van der Waals surface area contributed by atoms with E-state index in [4.69, 9.17) is 4.74 Å². The number of sulfone groups is 1. The maximum atomic E-state index is 11.4. The van der Waals surface area contributed by atoms with Crippen LogP contribution in [0.5, 0.6) is 0 Å². The highest BCUT2D eigenvalue weighted by atomic mass is 32.2. The van der Waals surface area contributed by atoms with Crippen molar-refractivity contribution < 1.29 is 18.3 Å². The molecule has 1 N–H and O–H groups in total. The highest BCUT2D eigenvalue weighted by Crippen LogP contribution is 2.21. The van der Waals surface area contributed by atoms with Crippen molar-refractivity contribution in [1.29, 1.82) is 0 Å². The number of nitrogens with zero attached hydrogens (tertiary/aromatic N) is 1. The molecule has 2 rings (SSSR count). The molecule has 2 unspecified atom stereocenters. The van der Waals surface area contributed by atoms with Gasteiger partial charge in [0.05, 0.1) is 37.4 Å². The van der Waals surface area contributed by atoms with Gasteiger partial charge in [0, 0.05) is 12.6 Å². The maximum absolute atomic E-state index is 11.4. The van der Waals surface area contributed by atoms with E-state index in [0.717, 1.165) is 6.54 Å². The van der Waals surface area contributed by atoms with Crippen LogP contribution in [0.4, 0.5) is 0 Å². The topological polar surface area (TPSA) is 66.8 Å². The molecule has 0 saturated carbocycles. The van der Waals surface area contributed by atoms with Crippen LogP contribution in [0.15, 0.2) is 0 Å². The molecule has 2 heterocycles. The summed E-state index contributed by atoms with van der Waals surface area (Å²) in [5, 5.41) is 9.18. The lowest BCUT2D eigenvalue weighted by molar-refractivity contribution is -0.0426. The van der Waals surface area contributed by atoms with Gasteiger partial charge in [-0.25, -0.2) is 8.42 Å². The molecule has 0 aromatic rings. The van der Waals surface area contributed by atoms with E-state index in [2.05, 4.69) is 4.90 Å². The van der Waals surface area contributed by atoms with Gasteiger partial charge < -0.3 is 9.84 Å². The van der Waals surface area contributed by atoms with Gasteiger partial charge in [0.25, 0.3) is 0 Å². The van der Waals surface area contributed by atoms with Crippen LogP contribution < -0.4 is 0 Å². The second-order valence-electron chi connectivity index (χ2n) is 4.21. The third-order valence-corrected chi connectivity index (χ3v) is 4.91. The highest BCUT2D eigenvalue weighted by molar-refractivity contribution is 7.91. The lowest BCUT2D eigenvalue weighted by atomic mass is 10.1. The summed E-state index contributed by atoms with van der Waals surface area (Å²) in [5.74, 6) is 0.524. The molecule has 0 bridgehead atoms. The number of ether oxygens (including phenoxy) is 1. The molecule has 0 aromatic heterocycles. The molecule has 2 atom stereocenters. The second kappa shape index (κ2) is 4.37. The Hall–Kier alpha value is -0.170. The minimum Gasteiger partial charge on any atom is -0.395 e. The van der Waals surface area contributed by atoms with Crippen LogP contribution in [0.3, 0.4) is 0 Å². The molecule has 0 aliphatic carbocycles. The standard InChI is InChI=1S/C9H17NO4S/c11-5-9-6-14-3-2-10(9)8-1-4-15(12,13)7-8/h8-9,11H,1-7H2. The summed E-state index contributed by atoms with van der Waals surface area (Å²) in [6.07, 6.45) is 0.693. The van der Waals surface area contributed by atoms with Gasteiger partial charge in [-0.15, -0.1) is 0 Å². The van der Waals surface area contributed by atoms with E-state index in [1.165, 1.54) is 0 Å². The molecule has 2 saturated heterocycles. The first kappa shape index (κ1) is 11.3. The predicted octanol–water partition coefficient (Wildman–Crippen LogP) is -1.13. The fourth-order valence-corrected chi connectivity index (χ4v) is 4.09. The van der Waals surface area contributed by atoms with Crippen LogP contribution in [0.2, 0.25) is 0 Å². The van der Waals surface area contributed by atoms with Gasteiger partial charge in [0.1, 0.15) is 0 Å². The monoisotopic (exact) mass is 235 g/mol. The molecule has 15 heavy (non-hydrogen) atoms. The van der Waals surface area contributed by atoms with Crippen molar-refractivity contribution >= 4 is 9.84 Å².